The fourth-order valence-electron chi connectivity index (χ4n) is 1.82. The number of thioether (sulfide) groups is 1. The Morgan fingerprint density at radius 3 is 2.65 bits per heavy atom. The molecule has 1 aliphatic rings. The highest BCUT2D eigenvalue weighted by molar-refractivity contribution is 7.98. The Morgan fingerprint density at radius 1 is 1.35 bits per heavy atom. The molecule has 1 aromatic rings. The van der Waals surface area contributed by atoms with E-state index in [1.54, 1.807) is 0 Å². The van der Waals surface area contributed by atoms with Gasteiger partial charge in [0.2, 0.25) is 0 Å². The van der Waals surface area contributed by atoms with Crippen LogP contribution in [-0.4, -0.2) is 29.0 Å². The van der Waals surface area contributed by atoms with Gasteiger partial charge in [-0.25, -0.2) is 0 Å². The van der Waals surface area contributed by atoms with Crippen LogP contribution in [0.15, 0.2) is 30.3 Å². The van der Waals surface area contributed by atoms with E-state index in [0.717, 1.165) is 11.5 Å². The molecule has 1 saturated carbocycles. The van der Waals surface area contributed by atoms with Crippen LogP contribution in [0, 0.1) is 0 Å². The number of nitrogens with one attached hydrogen (secondary N) is 1. The molecule has 0 heterocycles. The highest BCUT2D eigenvalue weighted by atomic mass is 32.2. The number of aliphatic hydroxyl groups excluding tert-OH is 1. The Kier molecular flexibility index (Phi) is 4.48. The molecule has 1 aromatic carbocycles. The number of rotatable bonds is 7. The van der Waals surface area contributed by atoms with E-state index in [-0.39, 0.29) is 12.1 Å². The third kappa shape index (κ3) is 4.34. The molecule has 94 valence electrons. The van der Waals surface area contributed by atoms with E-state index in [1.807, 2.05) is 17.8 Å². The molecule has 1 unspecified atom stereocenters. The fourth-order valence-corrected chi connectivity index (χ4v) is 2.98. The van der Waals surface area contributed by atoms with Crippen molar-refractivity contribution < 1.29 is 5.11 Å². The molecule has 0 radical (unpaired) electrons. The van der Waals surface area contributed by atoms with Gasteiger partial charge in [-0.15, -0.1) is 0 Å². The van der Waals surface area contributed by atoms with Gasteiger partial charge in [-0.1, -0.05) is 30.3 Å². The second-order valence-electron chi connectivity index (χ2n) is 5.12. The zero-order chi connectivity index (χ0) is 12.1. The van der Waals surface area contributed by atoms with Gasteiger partial charge in [0, 0.05) is 23.1 Å². The predicted molar refractivity (Wildman–Crippen MR) is 74.3 cm³/mol. The lowest BCUT2D eigenvalue weighted by Crippen LogP contribution is -2.49. The van der Waals surface area contributed by atoms with Crippen LogP contribution in [0.3, 0.4) is 0 Å². The minimum Gasteiger partial charge on any atom is -0.394 e. The van der Waals surface area contributed by atoms with Crippen LogP contribution in [0.4, 0.5) is 0 Å². The molecular formula is C14H21NOS. The van der Waals surface area contributed by atoms with E-state index in [2.05, 4.69) is 36.5 Å². The quantitative estimate of drug-likeness (QED) is 0.780. The Labute approximate surface area is 108 Å². The average molecular weight is 251 g/mol. The highest BCUT2D eigenvalue weighted by Gasteiger charge is 2.31. The maximum Gasteiger partial charge on any atom is 0.0618 e. The third-order valence-corrected chi connectivity index (χ3v) is 4.39. The Bertz CT molecular complexity index is 339. The van der Waals surface area contributed by atoms with E-state index in [4.69, 9.17) is 0 Å². The summed E-state index contributed by atoms with van der Waals surface area (Å²) in [6.07, 6.45) is 2.53. The van der Waals surface area contributed by atoms with Gasteiger partial charge in [-0.05, 0) is 25.3 Å². The summed E-state index contributed by atoms with van der Waals surface area (Å²) in [4.78, 5) is 0. The molecule has 2 rings (SSSR count). The Morgan fingerprint density at radius 2 is 2.06 bits per heavy atom. The summed E-state index contributed by atoms with van der Waals surface area (Å²) in [7, 11) is 0. The van der Waals surface area contributed by atoms with Gasteiger partial charge in [-0.3, -0.25) is 0 Å². The van der Waals surface area contributed by atoms with Gasteiger partial charge in [0.05, 0.1) is 6.61 Å². The van der Waals surface area contributed by atoms with Crippen molar-refractivity contribution in [3.8, 4) is 0 Å². The molecule has 3 heteroatoms. The van der Waals surface area contributed by atoms with Crippen LogP contribution in [0.2, 0.25) is 0 Å². The van der Waals surface area contributed by atoms with Crippen LogP contribution < -0.4 is 5.32 Å². The first-order valence-electron chi connectivity index (χ1n) is 6.22. The summed E-state index contributed by atoms with van der Waals surface area (Å²) >= 11 is 1.89. The van der Waals surface area contributed by atoms with E-state index >= 15 is 0 Å². The topological polar surface area (TPSA) is 32.3 Å². The third-order valence-electron chi connectivity index (χ3n) is 3.01. The lowest BCUT2D eigenvalue weighted by Gasteiger charge is -2.28. The molecule has 2 N–H and O–H groups in total. The van der Waals surface area contributed by atoms with Gasteiger partial charge in [0.1, 0.15) is 0 Å². The van der Waals surface area contributed by atoms with Crippen LogP contribution in [0.1, 0.15) is 25.3 Å². The summed E-state index contributed by atoms with van der Waals surface area (Å²) in [5.74, 6) is 1.97. The second kappa shape index (κ2) is 5.89. The van der Waals surface area contributed by atoms with Gasteiger partial charge >= 0.3 is 0 Å². The molecule has 1 aliphatic carbocycles. The minimum absolute atomic E-state index is 0.124. The van der Waals surface area contributed by atoms with E-state index in [0.29, 0.717) is 6.04 Å². The summed E-state index contributed by atoms with van der Waals surface area (Å²) < 4.78 is 0. The molecule has 1 fully saturated rings. The molecule has 0 bridgehead atoms. The lowest BCUT2D eigenvalue weighted by molar-refractivity contribution is 0.190. The van der Waals surface area contributed by atoms with Crippen molar-refractivity contribution in [1.82, 2.24) is 5.32 Å². The van der Waals surface area contributed by atoms with Gasteiger partial charge < -0.3 is 10.4 Å². The largest absolute Gasteiger partial charge is 0.394 e. The SMILES string of the molecule is CC(CO)(CSCc1ccccc1)NC1CC1. The average Bonchev–Trinajstić information content (AvgIpc) is 3.14. The highest BCUT2D eigenvalue weighted by Crippen LogP contribution is 2.25. The molecule has 0 aliphatic heterocycles. The van der Waals surface area contributed by atoms with Crippen molar-refractivity contribution in [2.75, 3.05) is 12.4 Å². The molecule has 0 saturated heterocycles. The van der Waals surface area contributed by atoms with Crippen molar-refractivity contribution in [3.05, 3.63) is 35.9 Å². The molecule has 0 amide bonds. The van der Waals surface area contributed by atoms with Gasteiger partial charge in [-0.2, -0.15) is 11.8 Å². The van der Waals surface area contributed by atoms with Crippen molar-refractivity contribution in [1.29, 1.82) is 0 Å². The Balaban J connectivity index is 1.75. The first-order valence-corrected chi connectivity index (χ1v) is 7.37. The van der Waals surface area contributed by atoms with Crippen molar-refractivity contribution in [2.24, 2.45) is 0 Å². The first-order chi connectivity index (χ1) is 8.22. The molecule has 1 atom stereocenters. The van der Waals surface area contributed by atoms with Crippen molar-refractivity contribution in [3.63, 3.8) is 0 Å². The van der Waals surface area contributed by atoms with Crippen molar-refractivity contribution in [2.45, 2.75) is 37.1 Å². The Hall–Kier alpha value is -0.510. The second-order valence-corrected chi connectivity index (χ2v) is 6.10. The number of benzene rings is 1. The lowest BCUT2D eigenvalue weighted by atomic mass is 10.1. The summed E-state index contributed by atoms with van der Waals surface area (Å²) in [6, 6.07) is 11.1. The maximum absolute atomic E-state index is 9.48. The molecule has 17 heavy (non-hydrogen) atoms. The van der Waals surface area contributed by atoms with Crippen LogP contribution in [0.25, 0.3) is 0 Å². The van der Waals surface area contributed by atoms with E-state index in [1.165, 1.54) is 18.4 Å². The van der Waals surface area contributed by atoms with Crippen molar-refractivity contribution >= 4 is 11.8 Å². The minimum atomic E-state index is -0.124. The smallest absolute Gasteiger partial charge is 0.0618 e. The first kappa shape index (κ1) is 12.9. The summed E-state index contributed by atoms with van der Waals surface area (Å²) in [5.41, 5.74) is 1.23. The number of aliphatic hydroxyl groups is 1. The summed E-state index contributed by atoms with van der Waals surface area (Å²) in [6.45, 7) is 2.33. The van der Waals surface area contributed by atoms with E-state index in [9.17, 15) is 5.11 Å². The van der Waals surface area contributed by atoms with Crippen LogP contribution in [-0.2, 0) is 5.75 Å². The maximum atomic E-state index is 9.48. The zero-order valence-electron chi connectivity index (χ0n) is 10.4. The summed E-state index contributed by atoms with van der Waals surface area (Å²) in [5, 5.41) is 13.0. The fraction of sp³-hybridized carbons (Fsp3) is 0.571. The standard InChI is InChI=1S/C14H21NOS/c1-14(10-16,15-13-7-8-13)11-17-9-12-5-3-2-4-6-12/h2-6,13,15-16H,7-11H2,1H3. The van der Waals surface area contributed by atoms with Crippen LogP contribution >= 0.6 is 11.8 Å². The molecule has 2 nitrogen and oxygen atoms in total. The van der Waals surface area contributed by atoms with E-state index < -0.39 is 0 Å². The van der Waals surface area contributed by atoms with Gasteiger partial charge in [0.25, 0.3) is 0 Å². The number of hydrogen-bond acceptors (Lipinski definition) is 3. The predicted octanol–water partition coefficient (Wildman–Crippen LogP) is 2.42. The molecular weight excluding hydrogens is 230 g/mol. The van der Waals surface area contributed by atoms with Crippen LogP contribution in [0.5, 0.6) is 0 Å². The zero-order valence-corrected chi connectivity index (χ0v) is 11.2. The van der Waals surface area contributed by atoms with Gasteiger partial charge in [0.15, 0.2) is 0 Å². The monoisotopic (exact) mass is 251 g/mol. The normalized spacial score (nSPS) is 18.9. The molecule has 0 spiro atoms. The molecule has 0 aromatic heterocycles. The number of hydrogen-bond donors (Lipinski definition) is 2.